The molecule has 1 aromatic carbocycles. The second-order valence-corrected chi connectivity index (χ2v) is 5.62. The van der Waals surface area contributed by atoms with Gasteiger partial charge in [-0.2, -0.15) is 0 Å². The molecule has 2 N–H and O–H groups in total. The Morgan fingerprint density at radius 3 is 2.25 bits per heavy atom. The molecule has 1 heterocycles. The number of pyridine rings is 1. The maximum atomic E-state index is 12.2. The highest BCUT2D eigenvalue weighted by Gasteiger charge is 2.17. The number of aromatic nitrogens is 1. The molecule has 0 bridgehead atoms. The number of anilines is 1. The zero-order chi connectivity index (χ0) is 17.5. The maximum absolute atomic E-state index is 12.2. The van der Waals surface area contributed by atoms with E-state index in [9.17, 15) is 9.59 Å². The van der Waals surface area contributed by atoms with E-state index >= 15 is 0 Å². The first-order chi connectivity index (χ1) is 11.5. The van der Waals surface area contributed by atoms with Gasteiger partial charge in [0, 0.05) is 11.9 Å². The lowest BCUT2D eigenvalue weighted by atomic mass is 9.99. The molecule has 0 radical (unpaired) electrons. The van der Waals surface area contributed by atoms with Crippen molar-refractivity contribution < 1.29 is 9.59 Å². The molecule has 0 aliphatic heterocycles. The zero-order valence-corrected chi connectivity index (χ0v) is 14.3. The topological polar surface area (TPSA) is 71.1 Å². The van der Waals surface area contributed by atoms with E-state index in [-0.39, 0.29) is 6.54 Å². The van der Waals surface area contributed by atoms with Crippen LogP contribution in [0.1, 0.15) is 36.2 Å². The highest BCUT2D eigenvalue weighted by molar-refractivity contribution is 6.39. The van der Waals surface area contributed by atoms with Gasteiger partial charge in [0.25, 0.3) is 0 Å². The number of nitrogens with one attached hydrogen (secondary N) is 2. The third-order valence-corrected chi connectivity index (χ3v) is 3.81. The van der Waals surface area contributed by atoms with Crippen LogP contribution in [0, 0.1) is 6.92 Å². The van der Waals surface area contributed by atoms with Crippen LogP contribution in [-0.2, 0) is 29.0 Å². The molecule has 2 amide bonds. The summed E-state index contributed by atoms with van der Waals surface area (Å²) in [6, 6.07) is 9.51. The molecule has 0 unspecified atom stereocenters. The molecule has 2 aromatic rings. The van der Waals surface area contributed by atoms with Gasteiger partial charge in [-0.3, -0.25) is 14.6 Å². The Kier molecular flexibility index (Phi) is 6.07. The first-order valence-electron chi connectivity index (χ1n) is 8.16. The molecule has 0 spiro atoms. The molecule has 126 valence electrons. The number of carbonyl (C=O) groups is 2. The number of nitrogens with zero attached hydrogens (tertiary/aromatic N) is 1. The number of hydrogen-bond donors (Lipinski definition) is 2. The molecule has 0 atom stereocenters. The van der Waals surface area contributed by atoms with Crippen LogP contribution >= 0.6 is 0 Å². The van der Waals surface area contributed by atoms with Crippen molar-refractivity contribution in [2.75, 3.05) is 5.32 Å². The van der Waals surface area contributed by atoms with Gasteiger partial charge in [-0.25, -0.2) is 0 Å². The minimum Gasteiger partial charge on any atom is -0.342 e. The summed E-state index contributed by atoms with van der Waals surface area (Å²) in [6.45, 7) is 6.32. The monoisotopic (exact) mass is 325 g/mol. The maximum Gasteiger partial charge on any atom is 0.313 e. The third-order valence-electron chi connectivity index (χ3n) is 3.81. The van der Waals surface area contributed by atoms with E-state index in [0.29, 0.717) is 5.69 Å². The van der Waals surface area contributed by atoms with Crippen molar-refractivity contribution in [3.63, 3.8) is 0 Å². The average Bonchev–Trinajstić information content (AvgIpc) is 2.61. The van der Waals surface area contributed by atoms with Gasteiger partial charge in [0.05, 0.1) is 12.2 Å². The molecular weight excluding hydrogens is 302 g/mol. The Morgan fingerprint density at radius 2 is 1.71 bits per heavy atom. The van der Waals surface area contributed by atoms with Crippen LogP contribution in [0.15, 0.2) is 36.5 Å². The smallest absolute Gasteiger partial charge is 0.313 e. The van der Waals surface area contributed by atoms with Crippen molar-refractivity contribution in [2.45, 2.75) is 40.2 Å². The lowest BCUT2D eigenvalue weighted by molar-refractivity contribution is -0.136. The molecule has 0 saturated heterocycles. The molecule has 5 nitrogen and oxygen atoms in total. The SMILES string of the molecule is CCc1cc(C)cc(CC)c1NC(=O)C(=O)NCc1ccccn1. The summed E-state index contributed by atoms with van der Waals surface area (Å²) in [6.07, 6.45) is 3.23. The molecule has 0 aliphatic rings. The minimum atomic E-state index is -0.662. The number of hydrogen-bond acceptors (Lipinski definition) is 3. The van der Waals surface area contributed by atoms with E-state index in [4.69, 9.17) is 0 Å². The highest BCUT2D eigenvalue weighted by Crippen LogP contribution is 2.24. The summed E-state index contributed by atoms with van der Waals surface area (Å²) in [4.78, 5) is 28.4. The molecule has 0 fully saturated rings. The van der Waals surface area contributed by atoms with Crippen molar-refractivity contribution in [3.8, 4) is 0 Å². The first kappa shape index (κ1) is 17.7. The highest BCUT2D eigenvalue weighted by atomic mass is 16.2. The summed E-state index contributed by atoms with van der Waals surface area (Å²) in [5.41, 5.74) is 4.69. The van der Waals surface area contributed by atoms with Crippen LogP contribution in [-0.4, -0.2) is 16.8 Å². The van der Waals surface area contributed by atoms with E-state index in [0.717, 1.165) is 35.2 Å². The largest absolute Gasteiger partial charge is 0.342 e. The Hall–Kier alpha value is -2.69. The van der Waals surface area contributed by atoms with Crippen LogP contribution in [0.5, 0.6) is 0 Å². The molecule has 1 aromatic heterocycles. The van der Waals surface area contributed by atoms with Gasteiger partial charge >= 0.3 is 11.8 Å². The third kappa shape index (κ3) is 4.41. The van der Waals surface area contributed by atoms with Crippen LogP contribution in [0.4, 0.5) is 5.69 Å². The van der Waals surface area contributed by atoms with E-state index < -0.39 is 11.8 Å². The second kappa shape index (κ2) is 8.24. The summed E-state index contributed by atoms with van der Waals surface area (Å²) in [7, 11) is 0. The van der Waals surface area contributed by atoms with E-state index in [1.165, 1.54) is 0 Å². The van der Waals surface area contributed by atoms with Crippen molar-refractivity contribution >= 4 is 17.5 Å². The summed E-state index contributed by atoms with van der Waals surface area (Å²) >= 11 is 0. The fourth-order valence-corrected chi connectivity index (χ4v) is 2.58. The number of carbonyl (C=O) groups excluding carboxylic acids is 2. The zero-order valence-electron chi connectivity index (χ0n) is 14.3. The van der Waals surface area contributed by atoms with Gasteiger partial charge < -0.3 is 10.6 Å². The van der Waals surface area contributed by atoms with Gasteiger partial charge in [0.1, 0.15) is 0 Å². The first-order valence-corrected chi connectivity index (χ1v) is 8.16. The molecule has 5 heteroatoms. The standard InChI is InChI=1S/C19H23N3O2/c1-4-14-10-13(3)11-15(5-2)17(14)22-19(24)18(23)21-12-16-8-6-7-9-20-16/h6-11H,4-5,12H2,1-3H3,(H,21,23)(H,22,24). The van der Waals surface area contributed by atoms with Crippen LogP contribution in [0.3, 0.4) is 0 Å². The molecular formula is C19H23N3O2. The fourth-order valence-electron chi connectivity index (χ4n) is 2.58. The van der Waals surface area contributed by atoms with Crippen LogP contribution in [0.25, 0.3) is 0 Å². The van der Waals surface area contributed by atoms with Gasteiger partial charge in [0.15, 0.2) is 0 Å². The molecule has 0 saturated carbocycles. The molecule has 2 rings (SSSR count). The predicted molar refractivity (Wildman–Crippen MR) is 94.6 cm³/mol. The lowest BCUT2D eigenvalue weighted by Gasteiger charge is -2.15. The van der Waals surface area contributed by atoms with Crippen molar-refractivity contribution in [1.29, 1.82) is 0 Å². The fraction of sp³-hybridized carbons (Fsp3) is 0.316. The summed E-state index contributed by atoms with van der Waals surface area (Å²) in [5.74, 6) is -1.32. The van der Waals surface area contributed by atoms with Crippen molar-refractivity contribution in [2.24, 2.45) is 0 Å². The Bertz CT molecular complexity index is 702. The number of benzene rings is 1. The quantitative estimate of drug-likeness (QED) is 0.830. The van der Waals surface area contributed by atoms with E-state index in [1.807, 2.05) is 39.0 Å². The van der Waals surface area contributed by atoms with Gasteiger partial charge in [-0.05, 0) is 43.0 Å². The lowest BCUT2D eigenvalue weighted by Crippen LogP contribution is -2.35. The van der Waals surface area contributed by atoms with Crippen molar-refractivity contribution in [1.82, 2.24) is 10.3 Å². The molecule has 24 heavy (non-hydrogen) atoms. The summed E-state index contributed by atoms with van der Waals surface area (Å²) < 4.78 is 0. The number of amides is 2. The Morgan fingerprint density at radius 1 is 1.04 bits per heavy atom. The minimum absolute atomic E-state index is 0.224. The second-order valence-electron chi connectivity index (χ2n) is 5.62. The average molecular weight is 325 g/mol. The van der Waals surface area contributed by atoms with E-state index in [1.54, 1.807) is 18.3 Å². The predicted octanol–water partition coefficient (Wildman–Crippen LogP) is 2.77. The number of aryl methyl sites for hydroxylation is 3. The normalized spacial score (nSPS) is 10.3. The summed E-state index contributed by atoms with van der Waals surface area (Å²) in [5, 5.41) is 5.36. The van der Waals surface area contributed by atoms with E-state index in [2.05, 4.69) is 15.6 Å². The van der Waals surface area contributed by atoms with Crippen LogP contribution in [0.2, 0.25) is 0 Å². The van der Waals surface area contributed by atoms with Gasteiger partial charge in [0.2, 0.25) is 0 Å². The van der Waals surface area contributed by atoms with Gasteiger partial charge in [-0.15, -0.1) is 0 Å². The van der Waals surface area contributed by atoms with Crippen LogP contribution < -0.4 is 10.6 Å². The van der Waals surface area contributed by atoms with Gasteiger partial charge in [-0.1, -0.05) is 37.6 Å². The molecule has 0 aliphatic carbocycles. The van der Waals surface area contributed by atoms with Crippen molar-refractivity contribution in [3.05, 3.63) is 58.9 Å². The number of rotatable bonds is 5. The Balaban J connectivity index is 2.07. The Labute approximate surface area is 142 Å².